The molecule has 0 N–H and O–H groups in total. The lowest BCUT2D eigenvalue weighted by Crippen LogP contribution is -2.04. The Morgan fingerprint density at radius 3 is 2.67 bits per heavy atom. The highest BCUT2D eigenvalue weighted by Crippen LogP contribution is 2.24. The Morgan fingerprint density at radius 1 is 1.39 bits per heavy atom. The normalized spacial score (nSPS) is 12.7. The molecule has 0 aliphatic heterocycles. The van der Waals surface area contributed by atoms with Gasteiger partial charge >= 0.3 is 0 Å². The van der Waals surface area contributed by atoms with E-state index in [-0.39, 0.29) is 6.10 Å². The lowest BCUT2D eigenvalue weighted by atomic mass is 10.2. The van der Waals surface area contributed by atoms with Crippen molar-refractivity contribution in [3.05, 3.63) is 28.9 Å². The molecule has 0 spiro atoms. The average Bonchev–Trinajstić information content (AvgIpc) is 2.66. The fourth-order valence-corrected chi connectivity index (χ4v) is 1.90. The molecule has 0 bridgehead atoms. The highest BCUT2D eigenvalue weighted by atomic mass is 35.5. The summed E-state index contributed by atoms with van der Waals surface area (Å²) in [5, 5.41) is 4.70. The highest BCUT2D eigenvalue weighted by molar-refractivity contribution is 6.29. The van der Waals surface area contributed by atoms with Crippen molar-refractivity contribution in [2.45, 2.75) is 20.0 Å². The molecule has 2 aromatic rings. The van der Waals surface area contributed by atoms with E-state index < -0.39 is 0 Å². The minimum atomic E-state index is -0.195. The van der Waals surface area contributed by atoms with Gasteiger partial charge in [-0.3, -0.25) is 4.68 Å². The lowest BCUT2D eigenvalue weighted by molar-refractivity contribution is 0.112. The largest absolute Gasteiger partial charge is 0.374 e. The molecule has 0 saturated heterocycles. The van der Waals surface area contributed by atoms with Crippen molar-refractivity contribution in [1.82, 2.24) is 19.7 Å². The molecule has 0 aliphatic rings. The first-order chi connectivity index (χ1) is 8.51. The first-order valence-corrected chi connectivity index (χ1v) is 5.97. The molecule has 5 nitrogen and oxygen atoms in total. The van der Waals surface area contributed by atoms with Crippen LogP contribution in [0.15, 0.2) is 12.3 Å². The minimum absolute atomic E-state index is 0.195. The van der Waals surface area contributed by atoms with E-state index in [0.29, 0.717) is 11.0 Å². The Labute approximate surface area is 111 Å². The summed E-state index contributed by atoms with van der Waals surface area (Å²) in [6, 6.07) is 1.73. The summed E-state index contributed by atoms with van der Waals surface area (Å²) in [7, 11) is 3.49. The predicted molar refractivity (Wildman–Crippen MR) is 69.4 cm³/mol. The Kier molecular flexibility index (Phi) is 3.63. The number of methoxy groups -OCH3 is 1. The number of hydrogen-bond donors (Lipinski definition) is 0. The van der Waals surface area contributed by atoms with Crippen molar-refractivity contribution >= 4 is 11.6 Å². The Hall–Kier alpha value is -1.46. The molecule has 0 aromatic carbocycles. The van der Waals surface area contributed by atoms with E-state index in [0.717, 1.165) is 17.0 Å². The van der Waals surface area contributed by atoms with Crippen LogP contribution in [0, 0.1) is 6.92 Å². The van der Waals surface area contributed by atoms with E-state index in [1.165, 1.54) is 0 Å². The number of ether oxygens (including phenoxy) is 1. The molecule has 2 heterocycles. The average molecular weight is 267 g/mol. The molecule has 18 heavy (non-hydrogen) atoms. The van der Waals surface area contributed by atoms with Gasteiger partial charge in [-0.2, -0.15) is 5.10 Å². The van der Waals surface area contributed by atoms with Crippen LogP contribution in [-0.2, 0) is 11.8 Å². The van der Waals surface area contributed by atoms with Crippen molar-refractivity contribution < 1.29 is 4.74 Å². The van der Waals surface area contributed by atoms with Gasteiger partial charge in [-0.05, 0) is 13.8 Å². The molecule has 0 amide bonds. The van der Waals surface area contributed by atoms with E-state index in [1.807, 2.05) is 27.1 Å². The highest BCUT2D eigenvalue weighted by Gasteiger charge is 2.14. The first kappa shape index (κ1) is 13.0. The molecular weight excluding hydrogens is 252 g/mol. The molecule has 0 saturated carbocycles. The third-order valence-corrected chi connectivity index (χ3v) is 2.91. The van der Waals surface area contributed by atoms with E-state index in [4.69, 9.17) is 16.3 Å². The second-order valence-electron chi connectivity index (χ2n) is 4.11. The summed E-state index contributed by atoms with van der Waals surface area (Å²) in [5.74, 6) is 0.572. The summed E-state index contributed by atoms with van der Waals surface area (Å²) in [6.45, 7) is 3.82. The molecule has 6 heteroatoms. The van der Waals surface area contributed by atoms with Gasteiger partial charge in [0.25, 0.3) is 0 Å². The maximum absolute atomic E-state index is 6.03. The van der Waals surface area contributed by atoms with Crippen LogP contribution in [0.25, 0.3) is 11.3 Å². The first-order valence-electron chi connectivity index (χ1n) is 5.59. The van der Waals surface area contributed by atoms with Crippen molar-refractivity contribution in [3.63, 3.8) is 0 Å². The lowest BCUT2D eigenvalue weighted by Gasteiger charge is -2.09. The molecule has 0 radical (unpaired) electrons. The van der Waals surface area contributed by atoms with E-state index in [2.05, 4.69) is 15.1 Å². The molecule has 1 unspecified atom stereocenters. The van der Waals surface area contributed by atoms with Crippen molar-refractivity contribution in [1.29, 1.82) is 0 Å². The zero-order valence-electron chi connectivity index (χ0n) is 10.8. The number of halogens is 1. The Balaban J connectivity index is 2.51. The third-order valence-electron chi connectivity index (χ3n) is 2.72. The second-order valence-corrected chi connectivity index (χ2v) is 4.50. The molecule has 1 atom stereocenters. The fourth-order valence-electron chi connectivity index (χ4n) is 1.71. The van der Waals surface area contributed by atoms with Crippen LogP contribution in [0.4, 0.5) is 0 Å². The smallest absolute Gasteiger partial charge is 0.159 e. The maximum Gasteiger partial charge on any atom is 0.159 e. The summed E-state index contributed by atoms with van der Waals surface area (Å²) in [5.41, 5.74) is 2.62. The van der Waals surface area contributed by atoms with Crippen LogP contribution >= 0.6 is 11.6 Å². The predicted octanol–water partition coefficient (Wildman–Crippen LogP) is 2.55. The van der Waals surface area contributed by atoms with Gasteiger partial charge < -0.3 is 4.74 Å². The van der Waals surface area contributed by atoms with Gasteiger partial charge in [-0.25, -0.2) is 9.97 Å². The number of aryl methyl sites for hydroxylation is 2. The molecule has 0 fully saturated rings. The SMILES string of the molecule is COC(C)c1nc(Cl)cc(-c2cn(C)nc2C)n1. The maximum atomic E-state index is 6.03. The number of aromatic nitrogens is 4. The van der Waals surface area contributed by atoms with E-state index >= 15 is 0 Å². The van der Waals surface area contributed by atoms with Crippen LogP contribution in [0.1, 0.15) is 24.5 Å². The van der Waals surface area contributed by atoms with Gasteiger partial charge in [-0.15, -0.1) is 0 Å². The van der Waals surface area contributed by atoms with Crippen LogP contribution in [-0.4, -0.2) is 26.9 Å². The number of nitrogens with zero attached hydrogens (tertiary/aromatic N) is 4. The van der Waals surface area contributed by atoms with Gasteiger partial charge in [0.1, 0.15) is 11.3 Å². The van der Waals surface area contributed by atoms with E-state index in [1.54, 1.807) is 17.9 Å². The quantitative estimate of drug-likeness (QED) is 0.801. The van der Waals surface area contributed by atoms with Crippen LogP contribution in [0.5, 0.6) is 0 Å². The standard InChI is InChI=1S/C12H15ClN4O/c1-7-9(6-17(3)16-7)10-5-11(13)15-12(14-10)8(2)18-4/h5-6,8H,1-4H3. The van der Waals surface area contributed by atoms with Crippen LogP contribution in [0.3, 0.4) is 0 Å². The van der Waals surface area contributed by atoms with Gasteiger partial charge in [0, 0.05) is 32.0 Å². The van der Waals surface area contributed by atoms with Crippen LogP contribution in [0.2, 0.25) is 5.15 Å². The second kappa shape index (κ2) is 5.04. The van der Waals surface area contributed by atoms with Gasteiger partial charge in [0.15, 0.2) is 5.82 Å². The van der Waals surface area contributed by atoms with Crippen LogP contribution < -0.4 is 0 Å². The van der Waals surface area contributed by atoms with E-state index in [9.17, 15) is 0 Å². The number of rotatable bonds is 3. The van der Waals surface area contributed by atoms with Crippen molar-refractivity contribution in [2.24, 2.45) is 7.05 Å². The van der Waals surface area contributed by atoms with Crippen molar-refractivity contribution in [2.75, 3.05) is 7.11 Å². The minimum Gasteiger partial charge on any atom is -0.374 e. The monoisotopic (exact) mass is 266 g/mol. The molecule has 0 aliphatic carbocycles. The zero-order valence-corrected chi connectivity index (χ0v) is 11.6. The third kappa shape index (κ3) is 2.52. The molecule has 2 rings (SSSR count). The summed E-state index contributed by atoms with van der Waals surface area (Å²) < 4.78 is 6.96. The summed E-state index contributed by atoms with van der Waals surface area (Å²) in [4.78, 5) is 8.64. The van der Waals surface area contributed by atoms with Gasteiger partial charge in [-0.1, -0.05) is 11.6 Å². The van der Waals surface area contributed by atoms with Gasteiger partial charge in [0.2, 0.25) is 0 Å². The molecule has 2 aromatic heterocycles. The molecule has 96 valence electrons. The van der Waals surface area contributed by atoms with Gasteiger partial charge in [0.05, 0.1) is 11.4 Å². The Morgan fingerprint density at radius 2 is 2.11 bits per heavy atom. The fraction of sp³-hybridized carbons (Fsp3) is 0.417. The summed E-state index contributed by atoms with van der Waals surface area (Å²) >= 11 is 6.03. The molecular formula is C12H15ClN4O. The number of hydrogen-bond acceptors (Lipinski definition) is 4. The van der Waals surface area contributed by atoms with Crippen molar-refractivity contribution in [3.8, 4) is 11.3 Å². The summed E-state index contributed by atoms with van der Waals surface area (Å²) in [6.07, 6.45) is 1.72. The topological polar surface area (TPSA) is 52.8 Å². The Bertz CT molecular complexity index is 567. The zero-order chi connectivity index (χ0) is 13.3.